The van der Waals surface area contributed by atoms with E-state index in [1.807, 2.05) is 12.4 Å². The number of hydrogen-bond donors (Lipinski definition) is 2. The van der Waals surface area contributed by atoms with Crippen LogP contribution in [0, 0.1) is 0 Å². The van der Waals surface area contributed by atoms with E-state index in [9.17, 15) is 0 Å². The fourth-order valence-electron chi connectivity index (χ4n) is 2.37. The van der Waals surface area contributed by atoms with Gasteiger partial charge >= 0.3 is 0 Å². The average molecular weight is 355 g/mol. The molecule has 0 atom stereocenters. The number of nitrogens with zero attached hydrogens (tertiary/aromatic N) is 3. The molecule has 0 radical (unpaired) electrons. The first-order valence-electron chi connectivity index (χ1n) is 6.84. The molecule has 0 aliphatic carbocycles. The van der Waals surface area contributed by atoms with Crippen LogP contribution in [0.3, 0.4) is 0 Å². The second-order valence-corrected chi connectivity index (χ2v) is 8.11. The largest absolute Gasteiger partial charge is 0.344 e. The summed E-state index contributed by atoms with van der Waals surface area (Å²) in [5, 5.41) is 0.965. The van der Waals surface area contributed by atoms with Crippen LogP contribution in [0.1, 0.15) is 0 Å². The predicted molar refractivity (Wildman–Crippen MR) is 96.0 cm³/mol. The van der Waals surface area contributed by atoms with Gasteiger partial charge in [-0.2, -0.15) is 0 Å². The lowest BCUT2D eigenvalue weighted by Gasteiger charge is -1.90. The molecule has 0 saturated heterocycles. The number of nitrogens with one attached hydrogen (secondary N) is 2. The second-order valence-electron chi connectivity index (χ2n) is 4.91. The van der Waals surface area contributed by atoms with Gasteiger partial charge in [0.05, 0.1) is 46.2 Å². The molecular weight excluding hydrogens is 346 g/mol. The molecule has 0 spiro atoms. The van der Waals surface area contributed by atoms with Crippen LogP contribution in [0.25, 0.3) is 40.4 Å². The van der Waals surface area contributed by atoms with Crippen LogP contribution in [-0.4, -0.2) is 24.9 Å². The van der Waals surface area contributed by atoms with Crippen molar-refractivity contribution in [2.45, 2.75) is 0 Å². The Bertz CT molecular complexity index is 1030. The Morgan fingerprint density at radius 2 is 1.39 bits per heavy atom. The number of thiazole rings is 1. The van der Waals surface area contributed by atoms with Crippen LogP contribution in [0.4, 0.5) is 0 Å². The van der Waals surface area contributed by atoms with Crippen LogP contribution >= 0.6 is 34.0 Å². The van der Waals surface area contributed by atoms with Crippen molar-refractivity contribution in [2.24, 2.45) is 0 Å². The van der Waals surface area contributed by atoms with Gasteiger partial charge in [-0.05, 0) is 12.1 Å². The van der Waals surface area contributed by atoms with Gasteiger partial charge in [0.25, 0.3) is 0 Å². The SMILES string of the molecule is c1ncc(-c2cc3sc(-c4cnc(-c5cnc[nH]5)s4)cc3s2)[nH]1. The standard InChI is InChI=1S/C15H9N5S3/c1-10(8-3-16-6-19-8)21-12-2-13(22-11(1)12)14-5-18-15(23-14)9-4-17-7-20-9/h1-7H,(H,16,19)(H,17,20). The normalized spacial score (nSPS) is 11.5. The molecular formula is C15H9N5S3. The van der Waals surface area contributed by atoms with E-state index < -0.39 is 0 Å². The highest BCUT2D eigenvalue weighted by molar-refractivity contribution is 7.32. The maximum absolute atomic E-state index is 4.49. The first-order chi connectivity index (χ1) is 11.4. The number of imidazole rings is 2. The zero-order valence-electron chi connectivity index (χ0n) is 11.6. The third-order valence-electron chi connectivity index (χ3n) is 3.45. The zero-order chi connectivity index (χ0) is 15.2. The van der Waals surface area contributed by atoms with Crippen molar-refractivity contribution in [1.82, 2.24) is 24.9 Å². The number of H-pyrrole nitrogens is 2. The van der Waals surface area contributed by atoms with Gasteiger partial charge < -0.3 is 9.97 Å². The summed E-state index contributed by atoms with van der Waals surface area (Å²) in [6.07, 6.45) is 8.98. The quantitative estimate of drug-likeness (QED) is 0.485. The minimum atomic E-state index is 0.959. The molecule has 0 amide bonds. The van der Waals surface area contributed by atoms with Crippen molar-refractivity contribution in [1.29, 1.82) is 0 Å². The highest BCUT2D eigenvalue weighted by atomic mass is 32.1. The van der Waals surface area contributed by atoms with Gasteiger partial charge in [-0.15, -0.1) is 34.0 Å². The first kappa shape index (κ1) is 13.2. The maximum atomic E-state index is 4.49. The molecule has 0 aliphatic heterocycles. The van der Waals surface area contributed by atoms with E-state index in [1.165, 1.54) is 24.0 Å². The van der Waals surface area contributed by atoms with Gasteiger partial charge in [-0.1, -0.05) is 0 Å². The van der Waals surface area contributed by atoms with Gasteiger partial charge in [0, 0.05) is 20.5 Å². The van der Waals surface area contributed by atoms with E-state index in [0.717, 1.165) is 16.4 Å². The van der Waals surface area contributed by atoms with Crippen LogP contribution < -0.4 is 0 Å². The summed E-state index contributed by atoms with van der Waals surface area (Å²) >= 11 is 5.26. The molecule has 5 heterocycles. The summed E-state index contributed by atoms with van der Waals surface area (Å²) < 4.78 is 2.59. The molecule has 8 heteroatoms. The molecule has 5 aromatic rings. The summed E-state index contributed by atoms with van der Waals surface area (Å²) in [5.41, 5.74) is 2.03. The van der Waals surface area contributed by atoms with Gasteiger partial charge in [-0.25, -0.2) is 15.0 Å². The fraction of sp³-hybridized carbons (Fsp3) is 0. The molecule has 2 N–H and O–H groups in total. The molecule has 0 aliphatic rings. The van der Waals surface area contributed by atoms with Crippen molar-refractivity contribution >= 4 is 43.4 Å². The van der Waals surface area contributed by atoms with E-state index in [0.29, 0.717) is 0 Å². The van der Waals surface area contributed by atoms with E-state index in [1.54, 1.807) is 52.9 Å². The maximum Gasteiger partial charge on any atom is 0.141 e. The monoisotopic (exact) mass is 355 g/mol. The smallest absolute Gasteiger partial charge is 0.141 e. The summed E-state index contributed by atoms with van der Waals surface area (Å²) in [6, 6.07) is 4.47. The van der Waals surface area contributed by atoms with Crippen LogP contribution in [-0.2, 0) is 0 Å². The summed E-state index contributed by atoms with van der Waals surface area (Å²) in [7, 11) is 0. The van der Waals surface area contributed by atoms with Crippen molar-refractivity contribution in [2.75, 3.05) is 0 Å². The molecule has 5 aromatic heterocycles. The molecule has 5 rings (SSSR count). The van der Waals surface area contributed by atoms with Crippen molar-refractivity contribution < 1.29 is 0 Å². The van der Waals surface area contributed by atoms with Crippen molar-refractivity contribution in [3.63, 3.8) is 0 Å². The second kappa shape index (κ2) is 5.12. The molecule has 23 heavy (non-hydrogen) atoms. The van der Waals surface area contributed by atoms with E-state index >= 15 is 0 Å². The molecule has 0 fully saturated rings. The lowest BCUT2D eigenvalue weighted by Crippen LogP contribution is -1.71. The van der Waals surface area contributed by atoms with Crippen molar-refractivity contribution in [3.05, 3.63) is 43.4 Å². The lowest BCUT2D eigenvalue weighted by atomic mass is 10.3. The average Bonchev–Trinajstić information content (AvgIpc) is 3.34. The lowest BCUT2D eigenvalue weighted by molar-refractivity contribution is 1.30. The molecule has 5 nitrogen and oxygen atoms in total. The van der Waals surface area contributed by atoms with Crippen molar-refractivity contribution in [3.8, 4) is 31.0 Å². The minimum Gasteiger partial charge on any atom is -0.344 e. The Hall–Kier alpha value is -2.29. The molecule has 0 aromatic carbocycles. The number of aromatic nitrogens is 5. The number of rotatable bonds is 3. The summed E-state index contributed by atoms with van der Waals surface area (Å²) in [4.78, 5) is 22.5. The first-order valence-corrected chi connectivity index (χ1v) is 9.29. The van der Waals surface area contributed by atoms with Gasteiger partial charge in [-0.3, -0.25) is 0 Å². The van der Waals surface area contributed by atoms with E-state index in [4.69, 9.17) is 0 Å². The number of aromatic amines is 2. The third-order valence-corrected chi connectivity index (χ3v) is 7.00. The van der Waals surface area contributed by atoms with Crippen LogP contribution in [0.2, 0.25) is 0 Å². The topological polar surface area (TPSA) is 70.2 Å². The Labute approximate surface area is 142 Å². The van der Waals surface area contributed by atoms with E-state index in [-0.39, 0.29) is 0 Å². The Kier molecular flexibility index (Phi) is 2.93. The highest BCUT2D eigenvalue weighted by Crippen LogP contribution is 2.43. The molecule has 0 unspecified atom stereocenters. The summed E-state index contributed by atoms with van der Waals surface area (Å²) in [6.45, 7) is 0. The van der Waals surface area contributed by atoms with Gasteiger partial charge in [0.2, 0.25) is 0 Å². The fourth-order valence-corrected chi connectivity index (χ4v) is 5.69. The molecule has 112 valence electrons. The minimum absolute atomic E-state index is 0.959. The molecule has 0 bridgehead atoms. The van der Waals surface area contributed by atoms with E-state index in [2.05, 4.69) is 37.1 Å². The Morgan fingerprint density at radius 1 is 0.696 bits per heavy atom. The number of fused-ring (bicyclic) bond motifs is 1. The van der Waals surface area contributed by atoms with Gasteiger partial charge in [0.15, 0.2) is 0 Å². The highest BCUT2D eigenvalue weighted by Gasteiger charge is 2.13. The predicted octanol–water partition coefficient (Wildman–Crippen LogP) is 4.87. The summed E-state index contributed by atoms with van der Waals surface area (Å²) in [5.74, 6) is 0. The third kappa shape index (κ3) is 2.23. The number of thiophene rings is 2. The Balaban J connectivity index is 1.52. The number of hydrogen-bond acceptors (Lipinski definition) is 6. The van der Waals surface area contributed by atoms with Crippen LogP contribution in [0.15, 0.2) is 43.4 Å². The molecule has 0 saturated carbocycles. The zero-order valence-corrected chi connectivity index (χ0v) is 14.1. The Morgan fingerprint density at radius 3 is 2.13 bits per heavy atom. The van der Waals surface area contributed by atoms with Crippen LogP contribution in [0.5, 0.6) is 0 Å². The van der Waals surface area contributed by atoms with Gasteiger partial charge in [0.1, 0.15) is 5.01 Å².